The fraction of sp³-hybridized carbons (Fsp3) is 0.375. The number of hydrogen-bond acceptors (Lipinski definition) is 6. The van der Waals surface area contributed by atoms with E-state index < -0.39 is 10.0 Å². The van der Waals surface area contributed by atoms with Crippen molar-refractivity contribution in [2.45, 2.75) is 17.2 Å². The zero-order valence-corrected chi connectivity index (χ0v) is 15.7. The smallest absolute Gasteiger partial charge is 0.250 e. The van der Waals surface area contributed by atoms with E-state index in [1.807, 2.05) is 12.1 Å². The Labute approximate surface area is 146 Å². The van der Waals surface area contributed by atoms with Gasteiger partial charge in [0.05, 0.1) is 20.8 Å². The highest BCUT2D eigenvalue weighted by molar-refractivity contribution is 7.91. The van der Waals surface area contributed by atoms with Gasteiger partial charge in [-0.1, -0.05) is 6.07 Å². The van der Waals surface area contributed by atoms with Gasteiger partial charge in [0.25, 0.3) is 0 Å². The second-order valence-electron chi connectivity index (χ2n) is 5.14. The monoisotopic (exact) mass is 371 g/mol. The Balaban J connectivity index is 2.35. The Hall–Kier alpha value is -1.61. The van der Waals surface area contributed by atoms with E-state index in [0.29, 0.717) is 18.1 Å². The largest absolute Gasteiger partial charge is 0.493 e. The molecule has 0 spiro atoms. The number of methoxy groups -OCH3 is 3. The Morgan fingerprint density at radius 1 is 1.12 bits per heavy atom. The van der Waals surface area contributed by atoms with E-state index in [4.69, 9.17) is 14.2 Å². The van der Waals surface area contributed by atoms with Gasteiger partial charge in [-0.15, -0.1) is 11.3 Å². The van der Waals surface area contributed by atoms with Crippen molar-refractivity contribution in [3.05, 3.63) is 30.3 Å². The fourth-order valence-corrected chi connectivity index (χ4v) is 4.87. The molecular formula is C16H21NO5S2. The normalized spacial score (nSPS) is 12.8. The summed E-state index contributed by atoms with van der Waals surface area (Å²) < 4.78 is 43.3. The lowest BCUT2D eigenvalue weighted by Gasteiger charge is -2.12. The minimum Gasteiger partial charge on any atom is -0.493 e. The number of para-hydroxylation sites is 1. The van der Waals surface area contributed by atoms with E-state index >= 15 is 0 Å². The summed E-state index contributed by atoms with van der Waals surface area (Å²) in [4.78, 5) is 0.783. The highest BCUT2D eigenvalue weighted by Crippen LogP contribution is 2.41. The lowest BCUT2D eigenvalue weighted by atomic mass is 10.1. The molecule has 1 aromatic carbocycles. The molecule has 0 aliphatic carbocycles. The minimum atomic E-state index is -3.59. The van der Waals surface area contributed by atoms with Gasteiger partial charge < -0.3 is 14.2 Å². The predicted molar refractivity (Wildman–Crippen MR) is 94.5 cm³/mol. The van der Waals surface area contributed by atoms with Crippen LogP contribution in [0.5, 0.6) is 11.5 Å². The van der Waals surface area contributed by atoms with E-state index in [0.717, 1.165) is 10.4 Å². The van der Waals surface area contributed by atoms with Crippen LogP contribution >= 0.6 is 11.3 Å². The third kappa shape index (κ3) is 4.07. The highest BCUT2D eigenvalue weighted by atomic mass is 32.2. The van der Waals surface area contributed by atoms with Gasteiger partial charge in [-0.2, -0.15) is 0 Å². The summed E-state index contributed by atoms with van der Waals surface area (Å²) in [6.07, 6.45) is 0. The van der Waals surface area contributed by atoms with E-state index in [1.54, 1.807) is 39.3 Å². The topological polar surface area (TPSA) is 73.9 Å². The van der Waals surface area contributed by atoms with Gasteiger partial charge in [0.1, 0.15) is 4.21 Å². The van der Waals surface area contributed by atoms with Crippen molar-refractivity contribution in [3.8, 4) is 21.9 Å². The van der Waals surface area contributed by atoms with Gasteiger partial charge in [0.2, 0.25) is 10.0 Å². The van der Waals surface area contributed by atoms with Crippen molar-refractivity contribution < 1.29 is 22.6 Å². The van der Waals surface area contributed by atoms with Crippen LogP contribution in [0.15, 0.2) is 34.5 Å². The molecule has 6 nitrogen and oxygen atoms in total. The first-order chi connectivity index (χ1) is 11.4. The summed E-state index contributed by atoms with van der Waals surface area (Å²) in [5.74, 6) is 1.17. The number of nitrogens with one attached hydrogen (secondary N) is 1. The van der Waals surface area contributed by atoms with E-state index in [-0.39, 0.29) is 10.3 Å². The first-order valence-electron chi connectivity index (χ1n) is 7.25. The summed E-state index contributed by atoms with van der Waals surface area (Å²) >= 11 is 1.17. The molecular weight excluding hydrogens is 350 g/mol. The molecule has 24 heavy (non-hydrogen) atoms. The molecule has 0 saturated heterocycles. The average molecular weight is 371 g/mol. The molecule has 2 rings (SSSR count). The number of rotatable bonds is 8. The number of sulfonamides is 1. The van der Waals surface area contributed by atoms with Crippen LogP contribution < -0.4 is 14.2 Å². The van der Waals surface area contributed by atoms with E-state index in [2.05, 4.69) is 4.72 Å². The Morgan fingerprint density at radius 2 is 1.88 bits per heavy atom. The summed E-state index contributed by atoms with van der Waals surface area (Å²) in [6, 6.07) is 8.53. The maximum Gasteiger partial charge on any atom is 0.250 e. The van der Waals surface area contributed by atoms with Crippen molar-refractivity contribution in [3.63, 3.8) is 0 Å². The zero-order valence-electron chi connectivity index (χ0n) is 14.0. The van der Waals surface area contributed by atoms with Crippen LogP contribution in [0.3, 0.4) is 0 Å². The van der Waals surface area contributed by atoms with Crippen LogP contribution in [-0.4, -0.2) is 42.4 Å². The summed E-state index contributed by atoms with van der Waals surface area (Å²) in [5.41, 5.74) is 0.785. The molecule has 0 fully saturated rings. The van der Waals surface area contributed by atoms with Crippen LogP contribution in [0.1, 0.15) is 6.92 Å². The van der Waals surface area contributed by atoms with Crippen molar-refractivity contribution >= 4 is 21.4 Å². The SMILES string of the molecule is COCC(C)NS(=O)(=O)c1ccc(-c2cccc(OC)c2OC)s1. The van der Waals surface area contributed by atoms with Crippen LogP contribution in [0, 0.1) is 0 Å². The predicted octanol–water partition coefficient (Wildman–Crippen LogP) is 2.75. The second-order valence-corrected chi connectivity index (χ2v) is 8.16. The molecule has 0 amide bonds. The number of hydrogen-bond donors (Lipinski definition) is 1. The molecule has 1 unspecified atom stereocenters. The fourth-order valence-electron chi connectivity index (χ4n) is 2.30. The van der Waals surface area contributed by atoms with Crippen LogP contribution in [0.2, 0.25) is 0 Å². The van der Waals surface area contributed by atoms with E-state index in [1.165, 1.54) is 18.4 Å². The Bertz CT molecular complexity index is 786. The molecule has 1 aromatic heterocycles. The molecule has 0 aliphatic heterocycles. The second kappa shape index (κ2) is 7.98. The summed E-state index contributed by atoms with van der Waals surface area (Å²) in [5, 5.41) is 0. The molecule has 132 valence electrons. The van der Waals surface area contributed by atoms with Gasteiger partial charge in [0.15, 0.2) is 11.5 Å². The Morgan fingerprint density at radius 3 is 2.50 bits per heavy atom. The molecule has 0 saturated carbocycles. The van der Waals surface area contributed by atoms with Crippen molar-refractivity contribution in [1.82, 2.24) is 4.72 Å². The third-order valence-electron chi connectivity index (χ3n) is 3.29. The summed E-state index contributed by atoms with van der Waals surface area (Å²) in [7, 11) is 1.06. The van der Waals surface area contributed by atoms with Crippen molar-refractivity contribution in [2.24, 2.45) is 0 Å². The lowest BCUT2D eigenvalue weighted by molar-refractivity contribution is 0.180. The maximum absolute atomic E-state index is 12.4. The highest BCUT2D eigenvalue weighted by Gasteiger charge is 2.21. The van der Waals surface area contributed by atoms with Gasteiger partial charge in [-0.05, 0) is 31.2 Å². The first-order valence-corrected chi connectivity index (χ1v) is 9.55. The molecule has 1 heterocycles. The van der Waals surface area contributed by atoms with Crippen molar-refractivity contribution in [1.29, 1.82) is 0 Å². The number of ether oxygens (including phenoxy) is 3. The number of thiophene rings is 1. The molecule has 1 atom stereocenters. The van der Waals surface area contributed by atoms with Crippen LogP contribution in [0.25, 0.3) is 10.4 Å². The zero-order chi connectivity index (χ0) is 17.7. The summed E-state index contributed by atoms with van der Waals surface area (Å²) in [6.45, 7) is 2.06. The molecule has 0 aliphatic rings. The van der Waals surface area contributed by atoms with Crippen molar-refractivity contribution in [2.75, 3.05) is 27.9 Å². The quantitative estimate of drug-likeness (QED) is 0.772. The molecule has 0 radical (unpaired) electrons. The molecule has 0 bridgehead atoms. The Kier molecular flexibility index (Phi) is 6.22. The maximum atomic E-state index is 12.4. The van der Waals surface area contributed by atoms with E-state index in [9.17, 15) is 8.42 Å². The van der Waals surface area contributed by atoms with Gasteiger partial charge in [-0.3, -0.25) is 0 Å². The third-order valence-corrected chi connectivity index (χ3v) is 6.49. The van der Waals surface area contributed by atoms with Gasteiger partial charge >= 0.3 is 0 Å². The van der Waals surface area contributed by atoms with Crippen LogP contribution in [0.4, 0.5) is 0 Å². The number of benzene rings is 1. The lowest BCUT2D eigenvalue weighted by Crippen LogP contribution is -2.35. The molecule has 2 aromatic rings. The minimum absolute atomic E-state index is 0.241. The molecule has 1 N–H and O–H groups in total. The molecule has 8 heteroatoms. The van der Waals surface area contributed by atoms with Gasteiger partial charge in [-0.25, -0.2) is 13.1 Å². The first kappa shape index (κ1) is 18.7. The van der Waals surface area contributed by atoms with Crippen LogP contribution in [-0.2, 0) is 14.8 Å². The average Bonchev–Trinajstić information content (AvgIpc) is 3.04. The standard InChI is InChI=1S/C16H21NO5S2/c1-11(10-20-2)17-24(18,19)15-9-8-14(23-15)12-6-5-7-13(21-3)16(12)22-4/h5-9,11,17H,10H2,1-4H3. The van der Waals surface area contributed by atoms with Gasteiger partial charge in [0, 0.05) is 23.6 Å².